The van der Waals surface area contributed by atoms with Gasteiger partial charge in [-0.1, -0.05) is 0 Å². The third-order valence-electron chi connectivity index (χ3n) is 5.11. The van der Waals surface area contributed by atoms with Crippen molar-refractivity contribution in [2.75, 3.05) is 18.4 Å². The van der Waals surface area contributed by atoms with E-state index in [1.165, 1.54) is 0 Å². The lowest BCUT2D eigenvalue weighted by Gasteiger charge is -2.36. The Balaban J connectivity index is 0.00000210. The van der Waals surface area contributed by atoms with Gasteiger partial charge in [-0.25, -0.2) is 0 Å². The summed E-state index contributed by atoms with van der Waals surface area (Å²) < 4.78 is 3.74. The standard InChI is InChI=1S/C19H24N6O.ClH/c1-14(2)24-13-15-12-16(4-5-17(15)23-24)22-18(26)19(6-9-20-10-7-19)25-11-3-8-21-25;/h3-5,8,11-14,20H,6-7,9-10H2,1-2H3,(H,22,26);1H. The van der Waals surface area contributed by atoms with E-state index in [1.54, 1.807) is 10.9 Å². The molecule has 8 heteroatoms. The summed E-state index contributed by atoms with van der Waals surface area (Å²) in [6.07, 6.45) is 7.05. The summed E-state index contributed by atoms with van der Waals surface area (Å²) >= 11 is 0. The molecule has 1 aliphatic rings. The molecule has 1 saturated heterocycles. The summed E-state index contributed by atoms with van der Waals surface area (Å²) in [4.78, 5) is 13.2. The van der Waals surface area contributed by atoms with Crippen molar-refractivity contribution in [2.24, 2.45) is 0 Å². The average molecular weight is 389 g/mol. The molecule has 27 heavy (non-hydrogen) atoms. The maximum atomic E-state index is 13.2. The molecule has 0 atom stereocenters. The molecule has 3 aromatic rings. The van der Waals surface area contributed by atoms with E-state index >= 15 is 0 Å². The van der Waals surface area contributed by atoms with Crippen molar-refractivity contribution in [3.05, 3.63) is 42.9 Å². The van der Waals surface area contributed by atoms with Crippen LogP contribution in [0.2, 0.25) is 0 Å². The predicted molar refractivity (Wildman–Crippen MR) is 108 cm³/mol. The van der Waals surface area contributed by atoms with Gasteiger partial charge in [-0.2, -0.15) is 10.2 Å². The Labute approximate surface area is 164 Å². The van der Waals surface area contributed by atoms with Crippen molar-refractivity contribution in [1.82, 2.24) is 24.9 Å². The van der Waals surface area contributed by atoms with Crippen LogP contribution in [-0.4, -0.2) is 38.6 Å². The van der Waals surface area contributed by atoms with Crippen molar-refractivity contribution in [3.8, 4) is 0 Å². The number of benzene rings is 1. The number of piperidine rings is 1. The van der Waals surface area contributed by atoms with Crippen molar-refractivity contribution >= 4 is 34.9 Å². The van der Waals surface area contributed by atoms with Gasteiger partial charge in [0.1, 0.15) is 5.54 Å². The van der Waals surface area contributed by atoms with Crippen LogP contribution < -0.4 is 10.6 Å². The second-order valence-electron chi connectivity index (χ2n) is 7.16. The van der Waals surface area contributed by atoms with E-state index in [4.69, 9.17) is 0 Å². The van der Waals surface area contributed by atoms with E-state index in [9.17, 15) is 4.79 Å². The number of amides is 1. The van der Waals surface area contributed by atoms with Gasteiger partial charge in [-0.05, 0) is 64.0 Å². The van der Waals surface area contributed by atoms with Gasteiger partial charge in [0.05, 0.1) is 5.52 Å². The maximum Gasteiger partial charge on any atom is 0.252 e. The van der Waals surface area contributed by atoms with Crippen LogP contribution in [0.25, 0.3) is 10.9 Å². The molecule has 0 radical (unpaired) electrons. The van der Waals surface area contributed by atoms with Gasteiger partial charge >= 0.3 is 0 Å². The Hall–Kier alpha value is -2.38. The van der Waals surface area contributed by atoms with Crippen LogP contribution in [0.5, 0.6) is 0 Å². The third kappa shape index (κ3) is 3.57. The van der Waals surface area contributed by atoms with Gasteiger partial charge in [0.25, 0.3) is 5.91 Å². The van der Waals surface area contributed by atoms with Crippen LogP contribution in [0.4, 0.5) is 5.69 Å². The number of halogens is 1. The quantitative estimate of drug-likeness (QED) is 0.720. The summed E-state index contributed by atoms with van der Waals surface area (Å²) in [6, 6.07) is 8.02. The number of nitrogens with zero attached hydrogens (tertiary/aromatic N) is 4. The Kier molecular flexibility index (Phi) is 5.53. The minimum atomic E-state index is -0.647. The number of carbonyl (C=O) groups is 1. The smallest absolute Gasteiger partial charge is 0.252 e. The van der Waals surface area contributed by atoms with E-state index in [1.807, 2.05) is 41.3 Å². The highest BCUT2D eigenvalue weighted by Crippen LogP contribution is 2.29. The lowest BCUT2D eigenvalue weighted by atomic mass is 9.87. The monoisotopic (exact) mass is 388 g/mol. The predicted octanol–water partition coefficient (Wildman–Crippen LogP) is 2.95. The second-order valence-corrected chi connectivity index (χ2v) is 7.16. The molecule has 0 unspecified atom stereocenters. The summed E-state index contributed by atoms with van der Waals surface area (Å²) in [5, 5.41) is 16.4. The van der Waals surface area contributed by atoms with E-state index in [2.05, 4.69) is 34.7 Å². The third-order valence-corrected chi connectivity index (χ3v) is 5.11. The molecule has 1 aliphatic heterocycles. The molecule has 0 bridgehead atoms. The molecular weight excluding hydrogens is 364 g/mol. The fraction of sp³-hybridized carbons (Fsp3) is 0.421. The first-order valence-corrected chi connectivity index (χ1v) is 9.10. The van der Waals surface area contributed by atoms with Crippen molar-refractivity contribution < 1.29 is 4.79 Å². The number of fused-ring (bicyclic) bond motifs is 1. The molecule has 4 rings (SSSR count). The van der Waals surface area contributed by atoms with E-state index in [0.717, 1.165) is 29.7 Å². The fourth-order valence-electron chi connectivity index (χ4n) is 3.56. The summed E-state index contributed by atoms with van der Waals surface area (Å²) in [7, 11) is 0. The van der Waals surface area contributed by atoms with Crippen LogP contribution in [0.3, 0.4) is 0 Å². The number of aromatic nitrogens is 4. The van der Waals surface area contributed by atoms with Crippen molar-refractivity contribution in [3.63, 3.8) is 0 Å². The first-order chi connectivity index (χ1) is 12.6. The minimum Gasteiger partial charge on any atom is -0.324 e. The van der Waals surface area contributed by atoms with Crippen LogP contribution in [0, 0.1) is 0 Å². The van der Waals surface area contributed by atoms with Crippen LogP contribution in [0.1, 0.15) is 32.7 Å². The van der Waals surface area contributed by atoms with Gasteiger partial charge in [-0.3, -0.25) is 14.2 Å². The zero-order valence-corrected chi connectivity index (χ0v) is 16.4. The Bertz CT molecular complexity index is 912. The molecular formula is C19H25ClN6O. The molecule has 1 aromatic carbocycles. The molecule has 0 aliphatic carbocycles. The lowest BCUT2D eigenvalue weighted by Crippen LogP contribution is -2.52. The van der Waals surface area contributed by atoms with Crippen LogP contribution in [-0.2, 0) is 10.3 Å². The molecule has 0 saturated carbocycles. The Morgan fingerprint density at radius 3 is 2.74 bits per heavy atom. The van der Waals surface area contributed by atoms with Gasteiger partial charge in [-0.15, -0.1) is 12.4 Å². The maximum absolute atomic E-state index is 13.2. The van der Waals surface area contributed by atoms with E-state index in [0.29, 0.717) is 18.9 Å². The van der Waals surface area contributed by atoms with Crippen molar-refractivity contribution in [2.45, 2.75) is 38.3 Å². The highest BCUT2D eigenvalue weighted by molar-refractivity contribution is 5.98. The highest BCUT2D eigenvalue weighted by Gasteiger charge is 2.42. The molecule has 2 aromatic heterocycles. The van der Waals surface area contributed by atoms with E-state index in [-0.39, 0.29) is 18.3 Å². The summed E-state index contributed by atoms with van der Waals surface area (Å²) in [5.41, 5.74) is 1.07. The average Bonchev–Trinajstić information content (AvgIpc) is 3.32. The second kappa shape index (κ2) is 7.70. The van der Waals surface area contributed by atoms with Gasteiger partial charge in [0.2, 0.25) is 0 Å². The normalized spacial score (nSPS) is 16.3. The number of rotatable bonds is 4. The molecule has 1 fully saturated rings. The highest BCUT2D eigenvalue weighted by atomic mass is 35.5. The molecule has 3 heterocycles. The van der Waals surface area contributed by atoms with Crippen LogP contribution >= 0.6 is 12.4 Å². The molecule has 2 N–H and O–H groups in total. The van der Waals surface area contributed by atoms with Gasteiger partial charge in [0.15, 0.2) is 0 Å². The summed E-state index contributed by atoms with van der Waals surface area (Å²) in [6.45, 7) is 5.79. The number of hydrogen-bond donors (Lipinski definition) is 2. The molecule has 7 nitrogen and oxygen atoms in total. The van der Waals surface area contributed by atoms with Gasteiger partial charge in [0, 0.05) is 35.7 Å². The van der Waals surface area contributed by atoms with E-state index < -0.39 is 5.54 Å². The Morgan fingerprint density at radius 1 is 1.30 bits per heavy atom. The largest absolute Gasteiger partial charge is 0.324 e. The van der Waals surface area contributed by atoms with Crippen molar-refractivity contribution in [1.29, 1.82) is 0 Å². The zero-order chi connectivity index (χ0) is 18.1. The topological polar surface area (TPSA) is 76.8 Å². The van der Waals surface area contributed by atoms with Crippen LogP contribution in [0.15, 0.2) is 42.9 Å². The number of hydrogen-bond acceptors (Lipinski definition) is 4. The SMILES string of the molecule is CC(C)n1cc2cc(NC(=O)C3(n4cccn4)CCNCC3)ccc2n1.Cl. The zero-order valence-electron chi connectivity index (χ0n) is 15.6. The molecule has 1 amide bonds. The number of nitrogens with one attached hydrogen (secondary N) is 2. The first kappa shape index (κ1) is 19.4. The fourth-order valence-corrected chi connectivity index (χ4v) is 3.56. The summed E-state index contributed by atoms with van der Waals surface area (Å²) in [5.74, 6) is -0.0155. The first-order valence-electron chi connectivity index (χ1n) is 9.10. The van der Waals surface area contributed by atoms with Gasteiger partial charge < -0.3 is 10.6 Å². The molecule has 0 spiro atoms. The minimum absolute atomic E-state index is 0. The number of carbonyl (C=O) groups excluding carboxylic acids is 1. The Morgan fingerprint density at radius 2 is 2.07 bits per heavy atom. The molecule has 144 valence electrons. The number of anilines is 1. The lowest BCUT2D eigenvalue weighted by molar-refractivity contribution is -0.126.